The van der Waals surface area contributed by atoms with Crippen LogP contribution in [-0.2, 0) is 9.53 Å². The van der Waals surface area contributed by atoms with Gasteiger partial charge < -0.3 is 14.5 Å². The molecule has 0 bridgehead atoms. The molecule has 2 aliphatic rings. The number of thiophene rings is 1. The minimum Gasteiger partial charge on any atom is -0.378 e. The van der Waals surface area contributed by atoms with Crippen molar-refractivity contribution in [3.8, 4) is 0 Å². The minimum atomic E-state index is -0.385. The third-order valence-electron chi connectivity index (χ3n) is 5.42. The lowest BCUT2D eigenvalue weighted by Gasteiger charge is -2.43. The van der Waals surface area contributed by atoms with Gasteiger partial charge in [0.15, 0.2) is 0 Å². The van der Waals surface area contributed by atoms with Crippen LogP contribution in [0.2, 0.25) is 0 Å². The zero-order valence-electron chi connectivity index (χ0n) is 16.3. The average molecular weight is 399 g/mol. The summed E-state index contributed by atoms with van der Waals surface area (Å²) in [6.07, 6.45) is 0. The summed E-state index contributed by atoms with van der Waals surface area (Å²) >= 11 is 1.62. The minimum absolute atomic E-state index is 0.0220. The Hall–Kier alpha value is -2.18. The number of hydrogen-bond acceptors (Lipinski definition) is 4. The monoisotopic (exact) mass is 398 g/mol. The van der Waals surface area contributed by atoms with E-state index >= 15 is 0 Å². The van der Waals surface area contributed by atoms with Crippen molar-refractivity contribution in [1.29, 1.82) is 0 Å². The first kappa shape index (κ1) is 19.2. The summed E-state index contributed by atoms with van der Waals surface area (Å²) in [7, 11) is 0. The maximum atomic E-state index is 13.7. The van der Waals surface area contributed by atoms with E-state index in [9.17, 15) is 9.59 Å². The molecule has 6 heteroatoms. The van der Waals surface area contributed by atoms with E-state index in [1.54, 1.807) is 11.3 Å². The second-order valence-corrected chi connectivity index (χ2v) is 8.79. The molecule has 2 aliphatic heterocycles. The molecule has 148 valence electrons. The van der Waals surface area contributed by atoms with Crippen LogP contribution in [0.3, 0.4) is 0 Å². The Morgan fingerprint density at radius 3 is 2.61 bits per heavy atom. The maximum Gasteiger partial charge on any atom is 0.254 e. The third kappa shape index (κ3) is 3.47. The zero-order chi connectivity index (χ0) is 19.7. The predicted octanol–water partition coefficient (Wildman–Crippen LogP) is 3.54. The van der Waals surface area contributed by atoms with Gasteiger partial charge >= 0.3 is 0 Å². The lowest BCUT2D eigenvalue weighted by molar-refractivity contribution is -0.138. The van der Waals surface area contributed by atoms with E-state index < -0.39 is 0 Å². The van der Waals surface area contributed by atoms with Gasteiger partial charge in [-0.15, -0.1) is 11.3 Å². The van der Waals surface area contributed by atoms with Crippen LogP contribution in [0.5, 0.6) is 0 Å². The molecule has 0 radical (unpaired) electrons. The summed E-state index contributed by atoms with van der Waals surface area (Å²) in [5, 5.41) is 2.02. The molecule has 0 aliphatic carbocycles. The Morgan fingerprint density at radius 1 is 1.18 bits per heavy atom. The van der Waals surface area contributed by atoms with E-state index in [1.165, 1.54) is 0 Å². The van der Waals surface area contributed by atoms with Gasteiger partial charge in [-0.05, 0) is 29.0 Å². The number of fused-ring (bicyclic) bond motifs is 1. The molecule has 2 atom stereocenters. The SMILES string of the molecule is CC(C)CN1C(=O)c2ccccc2[C@@H](C(=O)N2CCOCC2)[C@@H]1c1cccs1. The normalized spacial score (nSPS) is 22.5. The van der Waals surface area contributed by atoms with Crippen LogP contribution in [0.25, 0.3) is 0 Å². The number of carbonyl (C=O) groups is 2. The van der Waals surface area contributed by atoms with E-state index in [0.717, 1.165) is 10.4 Å². The molecular formula is C22H26N2O3S. The molecule has 1 aromatic heterocycles. The van der Waals surface area contributed by atoms with E-state index in [1.807, 2.05) is 51.6 Å². The summed E-state index contributed by atoms with van der Waals surface area (Å²) in [5.74, 6) is 0.0457. The molecular weight excluding hydrogens is 372 g/mol. The van der Waals surface area contributed by atoms with E-state index in [0.29, 0.717) is 44.3 Å². The Kier molecular flexibility index (Phi) is 5.51. The molecule has 1 saturated heterocycles. The molecule has 1 aromatic carbocycles. The van der Waals surface area contributed by atoms with E-state index in [-0.39, 0.29) is 23.8 Å². The highest BCUT2D eigenvalue weighted by atomic mass is 32.1. The number of nitrogens with zero attached hydrogens (tertiary/aromatic N) is 2. The molecule has 2 amide bonds. The fourth-order valence-electron chi connectivity index (χ4n) is 4.21. The van der Waals surface area contributed by atoms with Crippen molar-refractivity contribution in [3.63, 3.8) is 0 Å². The van der Waals surface area contributed by atoms with Crippen LogP contribution < -0.4 is 0 Å². The topological polar surface area (TPSA) is 49.9 Å². The highest BCUT2D eigenvalue weighted by molar-refractivity contribution is 7.10. The van der Waals surface area contributed by atoms with Crippen molar-refractivity contribution < 1.29 is 14.3 Å². The zero-order valence-corrected chi connectivity index (χ0v) is 17.2. The summed E-state index contributed by atoms with van der Waals surface area (Å²) in [6.45, 7) is 7.19. The quantitative estimate of drug-likeness (QED) is 0.792. The van der Waals surface area contributed by atoms with Crippen LogP contribution in [0.15, 0.2) is 41.8 Å². The van der Waals surface area contributed by atoms with Crippen molar-refractivity contribution in [1.82, 2.24) is 9.80 Å². The lowest BCUT2D eigenvalue weighted by atomic mass is 9.80. The smallest absolute Gasteiger partial charge is 0.254 e. The van der Waals surface area contributed by atoms with Gasteiger partial charge in [-0.1, -0.05) is 38.1 Å². The van der Waals surface area contributed by atoms with Crippen LogP contribution >= 0.6 is 11.3 Å². The van der Waals surface area contributed by atoms with Gasteiger partial charge in [-0.2, -0.15) is 0 Å². The predicted molar refractivity (Wildman–Crippen MR) is 110 cm³/mol. The number of benzene rings is 1. The number of amides is 2. The summed E-state index contributed by atoms with van der Waals surface area (Å²) in [5.41, 5.74) is 1.50. The van der Waals surface area contributed by atoms with E-state index in [2.05, 4.69) is 13.8 Å². The highest BCUT2D eigenvalue weighted by Gasteiger charge is 2.46. The van der Waals surface area contributed by atoms with Gasteiger partial charge in [0.2, 0.25) is 5.91 Å². The molecule has 2 aromatic rings. The first-order valence-electron chi connectivity index (χ1n) is 9.87. The van der Waals surface area contributed by atoms with Crippen LogP contribution in [-0.4, -0.2) is 54.5 Å². The van der Waals surface area contributed by atoms with Crippen LogP contribution in [0, 0.1) is 5.92 Å². The van der Waals surface area contributed by atoms with Crippen molar-refractivity contribution in [2.24, 2.45) is 5.92 Å². The van der Waals surface area contributed by atoms with Crippen molar-refractivity contribution in [3.05, 3.63) is 57.8 Å². The number of hydrogen-bond donors (Lipinski definition) is 0. The number of ether oxygens (including phenoxy) is 1. The largest absolute Gasteiger partial charge is 0.378 e. The number of rotatable bonds is 4. The van der Waals surface area contributed by atoms with Gasteiger partial charge in [0, 0.05) is 30.1 Å². The standard InChI is InChI=1S/C22H26N2O3S/c1-15(2)14-24-20(18-8-5-13-28-18)19(22(26)23-9-11-27-12-10-23)16-6-3-4-7-17(16)21(24)25/h3-8,13,15,19-20H,9-12,14H2,1-2H3/t19-,20+/m1/s1. The Morgan fingerprint density at radius 2 is 1.93 bits per heavy atom. The fourth-order valence-corrected chi connectivity index (χ4v) is 5.08. The molecule has 0 spiro atoms. The lowest BCUT2D eigenvalue weighted by Crippen LogP contribution is -2.51. The third-order valence-corrected chi connectivity index (χ3v) is 6.37. The van der Waals surface area contributed by atoms with Gasteiger partial charge in [-0.25, -0.2) is 0 Å². The van der Waals surface area contributed by atoms with Crippen molar-refractivity contribution in [2.75, 3.05) is 32.8 Å². The molecule has 4 rings (SSSR count). The average Bonchev–Trinajstić information content (AvgIpc) is 3.24. The van der Waals surface area contributed by atoms with Gasteiger partial charge in [0.25, 0.3) is 5.91 Å². The molecule has 5 nitrogen and oxygen atoms in total. The second kappa shape index (κ2) is 8.05. The van der Waals surface area contributed by atoms with E-state index in [4.69, 9.17) is 4.74 Å². The molecule has 0 saturated carbocycles. The fraction of sp³-hybridized carbons (Fsp3) is 0.455. The van der Waals surface area contributed by atoms with Crippen molar-refractivity contribution >= 4 is 23.2 Å². The Bertz CT molecular complexity index is 843. The van der Waals surface area contributed by atoms with Gasteiger partial charge in [0.1, 0.15) is 0 Å². The number of carbonyl (C=O) groups excluding carboxylic acids is 2. The molecule has 3 heterocycles. The molecule has 0 N–H and O–H groups in total. The Balaban J connectivity index is 1.83. The number of morpholine rings is 1. The van der Waals surface area contributed by atoms with Crippen LogP contribution in [0.1, 0.15) is 46.6 Å². The molecule has 0 unspecified atom stereocenters. The van der Waals surface area contributed by atoms with Crippen LogP contribution in [0.4, 0.5) is 0 Å². The highest BCUT2D eigenvalue weighted by Crippen LogP contribution is 2.45. The van der Waals surface area contributed by atoms with Crippen molar-refractivity contribution in [2.45, 2.75) is 25.8 Å². The first-order chi connectivity index (χ1) is 13.6. The summed E-state index contributed by atoms with van der Waals surface area (Å²) < 4.78 is 5.44. The summed E-state index contributed by atoms with van der Waals surface area (Å²) in [6, 6.07) is 11.4. The molecule has 28 heavy (non-hydrogen) atoms. The molecule has 1 fully saturated rings. The summed E-state index contributed by atoms with van der Waals surface area (Å²) in [4.78, 5) is 32.0. The Labute approximate surface area is 169 Å². The van der Waals surface area contributed by atoms with Gasteiger partial charge in [-0.3, -0.25) is 9.59 Å². The first-order valence-corrected chi connectivity index (χ1v) is 10.8. The van der Waals surface area contributed by atoms with Gasteiger partial charge in [0.05, 0.1) is 25.2 Å². The second-order valence-electron chi connectivity index (χ2n) is 7.81. The maximum absolute atomic E-state index is 13.7.